The van der Waals surface area contributed by atoms with E-state index in [2.05, 4.69) is 84.0 Å². The van der Waals surface area contributed by atoms with Crippen molar-refractivity contribution in [1.29, 1.82) is 0 Å². The number of hydrogen-bond acceptors (Lipinski definition) is 2. The zero-order valence-electron chi connectivity index (χ0n) is 15.6. The van der Waals surface area contributed by atoms with Crippen LogP contribution in [0, 0.1) is 5.92 Å². The van der Waals surface area contributed by atoms with Crippen LogP contribution in [0.5, 0.6) is 0 Å². The van der Waals surface area contributed by atoms with Gasteiger partial charge in [-0.2, -0.15) is 0 Å². The Labute approximate surface area is 149 Å². The highest BCUT2D eigenvalue weighted by atomic mass is 32.1. The van der Waals surface area contributed by atoms with E-state index < -0.39 is 0 Å². The topological polar surface area (TPSA) is 12.9 Å². The molecule has 0 aliphatic carbocycles. The molecule has 1 nitrogen and oxygen atoms in total. The van der Waals surface area contributed by atoms with Crippen LogP contribution in [-0.2, 0) is 5.41 Å². The van der Waals surface area contributed by atoms with Gasteiger partial charge in [-0.25, -0.2) is 4.98 Å². The van der Waals surface area contributed by atoms with Gasteiger partial charge in [0.15, 0.2) is 0 Å². The molecule has 0 bridgehead atoms. The highest BCUT2D eigenvalue weighted by Gasteiger charge is 2.23. The van der Waals surface area contributed by atoms with Gasteiger partial charge in [0.2, 0.25) is 0 Å². The van der Waals surface area contributed by atoms with Crippen molar-refractivity contribution in [3.63, 3.8) is 0 Å². The number of hydrogen-bond donors (Lipinski definition) is 0. The molecule has 126 valence electrons. The molecule has 2 aromatic carbocycles. The van der Waals surface area contributed by atoms with E-state index in [0.717, 1.165) is 5.52 Å². The third-order valence-electron chi connectivity index (χ3n) is 4.78. The van der Waals surface area contributed by atoms with Crippen molar-refractivity contribution in [3.8, 4) is 11.1 Å². The van der Waals surface area contributed by atoms with Crippen molar-refractivity contribution in [3.05, 3.63) is 53.0 Å². The number of nitrogens with zero attached hydrogens (tertiary/aromatic N) is 1. The molecule has 0 amide bonds. The zero-order chi connectivity index (χ0) is 17.5. The van der Waals surface area contributed by atoms with Gasteiger partial charge in [-0.3, -0.25) is 0 Å². The molecule has 3 aromatic rings. The van der Waals surface area contributed by atoms with Crippen molar-refractivity contribution < 1.29 is 0 Å². The minimum Gasteiger partial charge on any atom is -0.241 e. The van der Waals surface area contributed by atoms with Gasteiger partial charge >= 0.3 is 0 Å². The predicted molar refractivity (Wildman–Crippen MR) is 107 cm³/mol. The minimum absolute atomic E-state index is 0.0848. The molecule has 1 heterocycles. The standard InChI is InChI=1S/C22H27NS/c1-14(2)15(3)17-12-13-18-20(24-21(23-18)22(4,5)6)19(17)16-10-8-7-9-11-16/h7-15H,1-6H3. The fourth-order valence-electron chi connectivity index (χ4n) is 2.97. The lowest BCUT2D eigenvalue weighted by Crippen LogP contribution is -2.09. The van der Waals surface area contributed by atoms with Gasteiger partial charge in [0.25, 0.3) is 0 Å². The first-order valence-corrected chi connectivity index (χ1v) is 9.60. The summed E-state index contributed by atoms with van der Waals surface area (Å²) in [4.78, 5) is 4.93. The summed E-state index contributed by atoms with van der Waals surface area (Å²) in [6, 6.07) is 15.3. The molecule has 24 heavy (non-hydrogen) atoms. The molecular weight excluding hydrogens is 310 g/mol. The minimum atomic E-state index is 0.0848. The van der Waals surface area contributed by atoms with Crippen LogP contribution in [0.4, 0.5) is 0 Å². The second kappa shape index (κ2) is 6.33. The number of fused-ring (bicyclic) bond motifs is 1. The zero-order valence-corrected chi connectivity index (χ0v) is 16.4. The molecule has 0 aliphatic rings. The smallest absolute Gasteiger partial charge is 0.0992 e. The first-order valence-electron chi connectivity index (χ1n) is 8.78. The molecule has 0 saturated carbocycles. The molecule has 0 saturated heterocycles. The van der Waals surface area contributed by atoms with Crippen molar-refractivity contribution in [2.45, 2.75) is 52.9 Å². The Morgan fingerprint density at radius 3 is 2.17 bits per heavy atom. The van der Waals surface area contributed by atoms with E-state index in [9.17, 15) is 0 Å². The largest absolute Gasteiger partial charge is 0.241 e. The van der Waals surface area contributed by atoms with Gasteiger partial charge in [-0.1, -0.05) is 77.9 Å². The first-order chi connectivity index (χ1) is 11.3. The Bertz CT molecular complexity index is 838. The van der Waals surface area contributed by atoms with Gasteiger partial charge in [-0.15, -0.1) is 11.3 Å². The summed E-state index contributed by atoms with van der Waals surface area (Å²) < 4.78 is 1.33. The van der Waals surface area contributed by atoms with E-state index in [-0.39, 0.29) is 5.41 Å². The van der Waals surface area contributed by atoms with E-state index in [1.807, 2.05) is 11.3 Å². The summed E-state index contributed by atoms with van der Waals surface area (Å²) in [7, 11) is 0. The molecular formula is C22H27NS. The van der Waals surface area contributed by atoms with Gasteiger partial charge in [0, 0.05) is 11.0 Å². The Hall–Kier alpha value is -1.67. The molecule has 2 heteroatoms. The van der Waals surface area contributed by atoms with Crippen LogP contribution in [-0.4, -0.2) is 4.98 Å². The molecule has 0 radical (unpaired) electrons. The number of aromatic nitrogens is 1. The van der Waals surface area contributed by atoms with Gasteiger partial charge in [0.1, 0.15) is 0 Å². The maximum absolute atomic E-state index is 4.93. The molecule has 0 N–H and O–H groups in total. The van der Waals surface area contributed by atoms with E-state index in [0.29, 0.717) is 11.8 Å². The Morgan fingerprint density at radius 2 is 1.58 bits per heavy atom. The molecule has 0 fully saturated rings. The van der Waals surface area contributed by atoms with Crippen molar-refractivity contribution in [2.24, 2.45) is 5.92 Å². The third kappa shape index (κ3) is 3.12. The maximum Gasteiger partial charge on any atom is 0.0992 e. The molecule has 3 rings (SSSR count). The lowest BCUT2D eigenvalue weighted by molar-refractivity contribution is 0.536. The van der Waals surface area contributed by atoms with Crippen LogP contribution in [0.15, 0.2) is 42.5 Å². The van der Waals surface area contributed by atoms with E-state index in [4.69, 9.17) is 4.98 Å². The van der Waals surface area contributed by atoms with E-state index in [1.54, 1.807) is 0 Å². The molecule has 1 aromatic heterocycles. The molecule has 0 spiro atoms. The summed E-state index contributed by atoms with van der Waals surface area (Å²) in [5, 5.41) is 1.21. The van der Waals surface area contributed by atoms with Gasteiger partial charge in [0.05, 0.1) is 15.2 Å². The van der Waals surface area contributed by atoms with Crippen LogP contribution >= 0.6 is 11.3 Å². The fourth-order valence-corrected chi connectivity index (χ4v) is 4.17. The normalized spacial score (nSPS) is 13.6. The van der Waals surface area contributed by atoms with Crippen molar-refractivity contribution in [1.82, 2.24) is 4.98 Å². The van der Waals surface area contributed by atoms with Crippen LogP contribution in [0.2, 0.25) is 0 Å². The quantitative estimate of drug-likeness (QED) is 0.500. The second-order valence-electron chi connectivity index (χ2n) is 8.05. The summed E-state index contributed by atoms with van der Waals surface area (Å²) in [5.41, 5.74) is 5.33. The third-order valence-corrected chi connectivity index (χ3v) is 6.30. The van der Waals surface area contributed by atoms with Crippen LogP contribution in [0.3, 0.4) is 0 Å². The highest BCUT2D eigenvalue weighted by molar-refractivity contribution is 7.19. The maximum atomic E-state index is 4.93. The molecule has 1 unspecified atom stereocenters. The summed E-state index contributed by atoms with van der Waals surface area (Å²) in [6.45, 7) is 13.7. The van der Waals surface area contributed by atoms with E-state index >= 15 is 0 Å². The SMILES string of the molecule is CC(C)C(C)c1ccc2nc(C(C)(C)C)sc2c1-c1ccccc1. The number of benzene rings is 2. The Morgan fingerprint density at radius 1 is 0.917 bits per heavy atom. The monoisotopic (exact) mass is 337 g/mol. The van der Waals surface area contributed by atoms with E-state index in [1.165, 1.54) is 26.4 Å². The Kier molecular flexibility index (Phi) is 4.52. The summed E-state index contributed by atoms with van der Waals surface area (Å²) in [5.74, 6) is 1.13. The highest BCUT2D eigenvalue weighted by Crippen LogP contribution is 2.42. The van der Waals surface area contributed by atoms with Gasteiger partial charge in [-0.05, 0) is 29.0 Å². The van der Waals surface area contributed by atoms with Crippen LogP contribution in [0.1, 0.15) is 58.0 Å². The van der Waals surface area contributed by atoms with Gasteiger partial charge < -0.3 is 0 Å². The lowest BCUT2D eigenvalue weighted by atomic mass is 9.85. The number of thiazole rings is 1. The van der Waals surface area contributed by atoms with Crippen molar-refractivity contribution >= 4 is 21.6 Å². The average molecular weight is 338 g/mol. The lowest BCUT2D eigenvalue weighted by Gasteiger charge is -2.20. The summed E-state index contributed by atoms with van der Waals surface area (Å²) >= 11 is 1.86. The first kappa shape index (κ1) is 17.2. The second-order valence-corrected chi connectivity index (χ2v) is 9.04. The van der Waals surface area contributed by atoms with Crippen LogP contribution in [0.25, 0.3) is 21.3 Å². The predicted octanol–water partition coefficient (Wildman–Crippen LogP) is 7.02. The van der Waals surface area contributed by atoms with Crippen LogP contribution < -0.4 is 0 Å². The fraction of sp³-hybridized carbons (Fsp3) is 0.409. The number of rotatable bonds is 3. The molecule has 0 aliphatic heterocycles. The summed E-state index contributed by atoms with van der Waals surface area (Å²) in [6.07, 6.45) is 0. The molecule has 1 atom stereocenters. The average Bonchev–Trinajstić information content (AvgIpc) is 2.98. The Balaban J connectivity index is 2.32. The van der Waals surface area contributed by atoms with Crippen molar-refractivity contribution in [2.75, 3.05) is 0 Å².